The number of aromatic nitrogens is 5. The topological polar surface area (TPSA) is 85.9 Å². The van der Waals surface area contributed by atoms with Crippen molar-refractivity contribution in [3.05, 3.63) is 56.9 Å². The van der Waals surface area contributed by atoms with Crippen molar-refractivity contribution in [2.75, 3.05) is 18.0 Å². The van der Waals surface area contributed by atoms with Crippen LogP contribution in [0.2, 0.25) is 0 Å². The molecule has 27 heavy (non-hydrogen) atoms. The maximum Gasteiger partial charge on any atom is 0.266 e. The lowest BCUT2D eigenvalue weighted by molar-refractivity contribution is 0.331. The zero-order valence-corrected chi connectivity index (χ0v) is 15.5. The van der Waals surface area contributed by atoms with E-state index in [0.29, 0.717) is 29.4 Å². The van der Waals surface area contributed by atoms with E-state index in [1.54, 1.807) is 46.8 Å². The predicted octanol–water partition coefficient (Wildman–Crippen LogP) is 1.11. The maximum absolute atomic E-state index is 12.6. The molecule has 1 aliphatic rings. The molecule has 3 aromatic heterocycles. The summed E-state index contributed by atoms with van der Waals surface area (Å²) in [5, 5.41) is 4.86. The van der Waals surface area contributed by atoms with E-state index >= 15 is 0 Å². The van der Waals surface area contributed by atoms with Gasteiger partial charge >= 0.3 is 0 Å². The van der Waals surface area contributed by atoms with Crippen molar-refractivity contribution < 1.29 is 0 Å². The fraction of sp³-hybridized carbons (Fsp3) is 0.421. The molecule has 0 saturated carbocycles. The predicted molar refractivity (Wildman–Crippen MR) is 103 cm³/mol. The van der Waals surface area contributed by atoms with E-state index in [9.17, 15) is 9.59 Å². The zero-order valence-electron chi connectivity index (χ0n) is 15.5. The van der Waals surface area contributed by atoms with Gasteiger partial charge in [0, 0.05) is 38.9 Å². The van der Waals surface area contributed by atoms with E-state index in [1.807, 2.05) is 6.92 Å². The molecule has 4 rings (SSSR count). The molecule has 140 valence electrons. The van der Waals surface area contributed by atoms with Gasteiger partial charge in [0.05, 0.1) is 11.1 Å². The van der Waals surface area contributed by atoms with Crippen molar-refractivity contribution in [1.82, 2.24) is 24.3 Å². The first-order valence-electron chi connectivity index (χ1n) is 9.14. The van der Waals surface area contributed by atoms with Crippen LogP contribution < -0.4 is 16.0 Å². The fourth-order valence-corrected chi connectivity index (χ4v) is 3.62. The Hall–Kier alpha value is -3.03. The Labute approximate surface area is 156 Å². The largest absolute Gasteiger partial charge is 0.342 e. The van der Waals surface area contributed by atoms with Gasteiger partial charge in [-0.1, -0.05) is 0 Å². The van der Waals surface area contributed by atoms with Crippen molar-refractivity contribution in [1.29, 1.82) is 0 Å². The standard InChI is InChI=1S/C19H22N6O2/c1-13-5-6-16(26)25(22-13)12-14-7-10-24(11-8-14)19-21-17-15(4-3-9-20-17)18(27)23(19)2/h3-6,9,14H,7-8,10-12H2,1-2H3. The van der Waals surface area contributed by atoms with Crippen LogP contribution in [0.4, 0.5) is 5.95 Å². The summed E-state index contributed by atoms with van der Waals surface area (Å²) in [5.41, 5.74) is 1.18. The number of piperidine rings is 1. The number of hydrogen-bond acceptors (Lipinski definition) is 6. The van der Waals surface area contributed by atoms with E-state index in [-0.39, 0.29) is 11.1 Å². The van der Waals surface area contributed by atoms with Crippen molar-refractivity contribution >= 4 is 17.0 Å². The molecule has 0 amide bonds. The van der Waals surface area contributed by atoms with E-state index in [1.165, 1.54) is 0 Å². The van der Waals surface area contributed by atoms with Gasteiger partial charge in [0.1, 0.15) is 0 Å². The fourth-order valence-electron chi connectivity index (χ4n) is 3.62. The second-order valence-corrected chi connectivity index (χ2v) is 7.08. The van der Waals surface area contributed by atoms with Crippen LogP contribution in [-0.2, 0) is 13.6 Å². The average Bonchev–Trinajstić information content (AvgIpc) is 2.68. The van der Waals surface area contributed by atoms with Crippen molar-refractivity contribution in [2.45, 2.75) is 26.3 Å². The monoisotopic (exact) mass is 366 g/mol. The summed E-state index contributed by atoms with van der Waals surface area (Å²) in [5.74, 6) is 1.03. The summed E-state index contributed by atoms with van der Waals surface area (Å²) in [7, 11) is 1.75. The Morgan fingerprint density at radius 3 is 2.70 bits per heavy atom. The Kier molecular flexibility index (Phi) is 4.47. The minimum absolute atomic E-state index is 0.0623. The zero-order chi connectivity index (χ0) is 19.0. The molecule has 4 heterocycles. The molecule has 0 spiro atoms. The summed E-state index contributed by atoms with van der Waals surface area (Å²) in [6.45, 7) is 4.08. The number of hydrogen-bond donors (Lipinski definition) is 0. The molecule has 1 aliphatic heterocycles. The number of fused-ring (bicyclic) bond motifs is 1. The average molecular weight is 366 g/mol. The molecule has 0 N–H and O–H groups in total. The molecule has 8 nitrogen and oxygen atoms in total. The minimum Gasteiger partial charge on any atom is -0.342 e. The van der Waals surface area contributed by atoms with Gasteiger partial charge in [-0.3, -0.25) is 14.2 Å². The smallest absolute Gasteiger partial charge is 0.266 e. The third kappa shape index (κ3) is 3.34. The summed E-state index contributed by atoms with van der Waals surface area (Å²) in [4.78, 5) is 35.5. The molecule has 1 saturated heterocycles. The highest BCUT2D eigenvalue weighted by Crippen LogP contribution is 2.22. The van der Waals surface area contributed by atoms with Gasteiger partial charge in [-0.15, -0.1) is 0 Å². The number of aryl methyl sites for hydroxylation is 1. The molecular formula is C19H22N6O2. The number of anilines is 1. The van der Waals surface area contributed by atoms with Crippen molar-refractivity contribution in [3.8, 4) is 0 Å². The van der Waals surface area contributed by atoms with Crippen LogP contribution in [0.1, 0.15) is 18.5 Å². The molecule has 1 fully saturated rings. The van der Waals surface area contributed by atoms with E-state index < -0.39 is 0 Å². The minimum atomic E-state index is -0.0827. The number of pyridine rings is 1. The molecular weight excluding hydrogens is 344 g/mol. The normalized spacial score (nSPS) is 15.4. The lowest BCUT2D eigenvalue weighted by Crippen LogP contribution is -2.40. The highest BCUT2D eigenvalue weighted by atomic mass is 16.1. The van der Waals surface area contributed by atoms with Gasteiger partial charge in [-0.2, -0.15) is 10.1 Å². The summed E-state index contributed by atoms with van der Waals surface area (Å²) >= 11 is 0. The summed E-state index contributed by atoms with van der Waals surface area (Å²) in [6.07, 6.45) is 3.48. The lowest BCUT2D eigenvalue weighted by Gasteiger charge is -2.33. The van der Waals surface area contributed by atoms with Crippen LogP contribution in [0.5, 0.6) is 0 Å². The first-order valence-corrected chi connectivity index (χ1v) is 9.14. The van der Waals surface area contributed by atoms with Crippen LogP contribution in [0.25, 0.3) is 11.0 Å². The quantitative estimate of drug-likeness (QED) is 0.690. The molecule has 3 aromatic rings. The van der Waals surface area contributed by atoms with Crippen LogP contribution in [0.15, 0.2) is 40.1 Å². The van der Waals surface area contributed by atoms with E-state index in [0.717, 1.165) is 31.6 Å². The highest BCUT2D eigenvalue weighted by molar-refractivity contribution is 5.74. The first-order chi connectivity index (χ1) is 13.0. The van der Waals surface area contributed by atoms with Gasteiger partial charge in [-0.25, -0.2) is 9.67 Å². The van der Waals surface area contributed by atoms with E-state index in [4.69, 9.17) is 0 Å². The van der Waals surface area contributed by atoms with Gasteiger partial charge in [0.15, 0.2) is 5.65 Å². The SMILES string of the molecule is Cc1ccc(=O)n(CC2CCN(c3nc4ncccc4c(=O)n3C)CC2)n1. The van der Waals surface area contributed by atoms with Crippen molar-refractivity contribution in [2.24, 2.45) is 13.0 Å². The Morgan fingerprint density at radius 2 is 1.93 bits per heavy atom. The molecule has 0 unspecified atom stereocenters. The molecule has 0 bridgehead atoms. The third-order valence-corrected chi connectivity index (χ3v) is 5.16. The molecule has 0 radical (unpaired) electrons. The van der Waals surface area contributed by atoms with Gasteiger partial charge in [-0.05, 0) is 43.9 Å². The van der Waals surface area contributed by atoms with Crippen LogP contribution >= 0.6 is 0 Å². The second-order valence-electron chi connectivity index (χ2n) is 7.08. The molecule has 0 aliphatic carbocycles. The van der Waals surface area contributed by atoms with Crippen LogP contribution in [-0.4, -0.2) is 37.4 Å². The molecule has 0 aromatic carbocycles. The Balaban J connectivity index is 1.52. The van der Waals surface area contributed by atoms with Gasteiger partial charge in [0.2, 0.25) is 5.95 Å². The number of nitrogens with zero attached hydrogens (tertiary/aromatic N) is 6. The lowest BCUT2D eigenvalue weighted by atomic mass is 9.97. The van der Waals surface area contributed by atoms with Crippen molar-refractivity contribution in [3.63, 3.8) is 0 Å². The molecule has 0 atom stereocenters. The van der Waals surface area contributed by atoms with Gasteiger partial charge < -0.3 is 4.90 Å². The van der Waals surface area contributed by atoms with Gasteiger partial charge in [0.25, 0.3) is 11.1 Å². The Morgan fingerprint density at radius 1 is 1.15 bits per heavy atom. The second kappa shape index (κ2) is 6.94. The van der Waals surface area contributed by atoms with Crippen LogP contribution in [0.3, 0.4) is 0 Å². The summed E-state index contributed by atoms with van der Waals surface area (Å²) in [6, 6.07) is 6.80. The highest BCUT2D eigenvalue weighted by Gasteiger charge is 2.23. The number of rotatable bonds is 3. The van der Waals surface area contributed by atoms with Crippen LogP contribution in [0, 0.1) is 12.8 Å². The molecule has 8 heteroatoms. The first kappa shape index (κ1) is 17.4. The Bertz CT molecular complexity index is 1100. The third-order valence-electron chi connectivity index (χ3n) is 5.16. The van der Waals surface area contributed by atoms with E-state index in [2.05, 4.69) is 20.0 Å². The summed E-state index contributed by atoms with van der Waals surface area (Å²) < 4.78 is 3.15. The maximum atomic E-state index is 12.6.